The molecule has 0 aliphatic heterocycles. The smallest absolute Gasteiger partial charge is 0.269 e. The van der Waals surface area contributed by atoms with Crippen molar-refractivity contribution in [2.24, 2.45) is 7.05 Å². The SMILES string of the molecule is Cn1[nH]c(C(=O)NCC(O)CNC(=O)c2csc(Cl)c2)cc1=O. The highest BCUT2D eigenvalue weighted by Crippen LogP contribution is 2.19. The molecule has 0 saturated carbocycles. The third-order valence-corrected chi connectivity index (χ3v) is 4.05. The van der Waals surface area contributed by atoms with Gasteiger partial charge in [-0.3, -0.25) is 24.2 Å². The van der Waals surface area contributed by atoms with E-state index in [1.165, 1.54) is 24.5 Å². The number of amides is 2. The molecule has 0 bridgehead atoms. The lowest BCUT2D eigenvalue weighted by molar-refractivity contribution is 0.0882. The molecule has 0 aliphatic rings. The number of aliphatic hydroxyl groups is 1. The van der Waals surface area contributed by atoms with Gasteiger partial charge in [-0.2, -0.15) is 0 Å². The van der Waals surface area contributed by atoms with Crippen molar-refractivity contribution in [1.82, 2.24) is 20.4 Å². The summed E-state index contributed by atoms with van der Waals surface area (Å²) >= 11 is 6.97. The van der Waals surface area contributed by atoms with E-state index in [2.05, 4.69) is 15.7 Å². The van der Waals surface area contributed by atoms with Gasteiger partial charge in [0.2, 0.25) is 0 Å². The van der Waals surface area contributed by atoms with E-state index in [9.17, 15) is 19.5 Å². The van der Waals surface area contributed by atoms with Crippen LogP contribution in [0.4, 0.5) is 0 Å². The third-order valence-electron chi connectivity index (χ3n) is 2.96. The number of hydrogen-bond donors (Lipinski definition) is 4. The fourth-order valence-electron chi connectivity index (χ4n) is 1.72. The van der Waals surface area contributed by atoms with E-state index >= 15 is 0 Å². The maximum atomic E-state index is 11.8. The summed E-state index contributed by atoms with van der Waals surface area (Å²) in [5.74, 6) is -0.872. The normalized spacial score (nSPS) is 12.0. The summed E-state index contributed by atoms with van der Waals surface area (Å²) in [6.07, 6.45) is -0.965. The molecule has 2 rings (SSSR count). The maximum absolute atomic E-state index is 11.8. The van der Waals surface area contributed by atoms with E-state index in [-0.39, 0.29) is 30.2 Å². The van der Waals surface area contributed by atoms with E-state index in [4.69, 9.17) is 11.6 Å². The molecule has 0 saturated heterocycles. The fraction of sp³-hybridized carbons (Fsp3) is 0.308. The number of aromatic nitrogens is 2. The van der Waals surface area contributed by atoms with Gasteiger partial charge in [0, 0.05) is 31.6 Å². The number of hydrogen-bond acceptors (Lipinski definition) is 5. The molecule has 0 aromatic carbocycles. The Balaban J connectivity index is 1.76. The molecule has 2 aromatic heterocycles. The first-order chi connectivity index (χ1) is 10.9. The standard InChI is InChI=1S/C13H15ClN4O4S/c1-18-11(20)3-9(17-18)13(22)16-5-8(19)4-15-12(21)7-2-10(14)23-6-7/h2-3,6,8,17,19H,4-5H2,1H3,(H,15,21)(H,16,22). The predicted octanol–water partition coefficient (Wildman–Crippen LogP) is -0.0510. The highest BCUT2D eigenvalue weighted by atomic mass is 35.5. The Hall–Kier alpha value is -2.10. The highest BCUT2D eigenvalue weighted by molar-refractivity contribution is 7.14. The van der Waals surface area contributed by atoms with E-state index in [0.29, 0.717) is 9.90 Å². The van der Waals surface area contributed by atoms with Crippen molar-refractivity contribution in [2.45, 2.75) is 6.10 Å². The lowest BCUT2D eigenvalue weighted by Gasteiger charge is -2.12. The number of carbonyl (C=O) groups is 2. The molecule has 124 valence electrons. The molecule has 0 fully saturated rings. The second-order valence-electron chi connectivity index (χ2n) is 4.78. The number of nitrogens with zero attached hydrogens (tertiary/aromatic N) is 1. The van der Waals surface area contributed by atoms with Gasteiger partial charge in [0.15, 0.2) is 0 Å². The van der Waals surface area contributed by atoms with Crippen LogP contribution in [0.25, 0.3) is 0 Å². The van der Waals surface area contributed by atoms with Crippen LogP contribution in [0.3, 0.4) is 0 Å². The fourth-order valence-corrected chi connectivity index (χ4v) is 2.59. The molecule has 2 heterocycles. The number of aryl methyl sites for hydroxylation is 1. The summed E-state index contributed by atoms with van der Waals surface area (Å²) in [6.45, 7) is -0.0989. The van der Waals surface area contributed by atoms with Crippen LogP contribution in [0.5, 0.6) is 0 Å². The van der Waals surface area contributed by atoms with Crippen molar-refractivity contribution in [1.29, 1.82) is 0 Å². The van der Waals surface area contributed by atoms with Gasteiger partial charge in [-0.1, -0.05) is 11.6 Å². The quantitative estimate of drug-likeness (QED) is 0.579. The summed E-state index contributed by atoms with van der Waals surface area (Å²) in [4.78, 5) is 34.8. The van der Waals surface area contributed by atoms with Gasteiger partial charge >= 0.3 is 0 Å². The third kappa shape index (κ3) is 4.68. The number of aromatic amines is 1. The van der Waals surface area contributed by atoms with Crippen molar-refractivity contribution in [2.75, 3.05) is 13.1 Å². The molecule has 4 N–H and O–H groups in total. The number of halogens is 1. The monoisotopic (exact) mass is 358 g/mol. The second kappa shape index (κ2) is 7.44. The van der Waals surface area contributed by atoms with Crippen LogP contribution < -0.4 is 16.2 Å². The number of aliphatic hydroxyl groups excluding tert-OH is 1. The van der Waals surface area contributed by atoms with Crippen molar-refractivity contribution < 1.29 is 14.7 Å². The summed E-state index contributed by atoms with van der Waals surface area (Å²) in [6, 6.07) is 2.69. The Morgan fingerprint density at radius 3 is 2.52 bits per heavy atom. The lowest BCUT2D eigenvalue weighted by atomic mass is 10.3. The molecular formula is C13H15ClN4O4S. The first-order valence-electron chi connectivity index (χ1n) is 6.61. The van der Waals surface area contributed by atoms with Crippen LogP contribution in [-0.4, -0.2) is 45.9 Å². The molecule has 23 heavy (non-hydrogen) atoms. The molecule has 1 unspecified atom stereocenters. The summed E-state index contributed by atoms with van der Waals surface area (Å²) in [5.41, 5.74) is 0.178. The van der Waals surface area contributed by atoms with E-state index in [0.717, 1.165) is 10.7 Å². The Labute approximate surface area is 140 Å². The molecule has 10 heteroatoms. The van der Waals surface area contributed by atoms with Gasteiger partial charge in [0.25, 0.3) is 17.4 Å². The van der Waals surface area contributed by atoms with Crippen LogP contribution in [0.15, 0.2) is 22.3 Å². The number of carbonyl (C=O) groups excluding carboxylic acids is 2. The van der Waals surface area contributed by atoms with Crippen LogP contribution >= 0.6 is 22.9 Å². The Morgan fingerprint density at radius 2 is 2.00 bits per heavy atom. The maximum Gasteiger partial charge on any atom is 0.269 e. The minimum absolute atomic E-state index is 0.0299. The molecule has 2 aromatic rings. The Morgan fingerprint density at radius 1 is 1.35 bits per heavy atom. The molecule has 1 atom stereocenters. The largest absolute Gasteiger partial charge is 0.389 e. The average Bonchev–Trinajstić information content (AvgIpc) is 3.09. The Kier molecular flexibility index (Phi) is 5.59. The number of nitrogens with one attached hydrogen (secondary N) is 3. The first-order valence-corrected chi connectivity index (χ1v) is 7.87. The predicted molar refractivity (Wildman–Crippen MR) is 86.0 cm³/mol. The summed E-state index contributed by atoms with van der Waals surface area (Å²) < 4.78 is 1.66. The number of H-pyrrole nitrogens is 1. The molecule has 0 aliphatic carbocycles. The molecule has 0 spiro atoms. The van der Waals surface area contributed by atoms with Crippen LogP contribution in [0.2, 0.25) is 4.34 Å². The zero-order valence-electron chi connectivity index (χ0n) is 12.1. The van der Waals surface area contributed by atoms with Gasteiger partial charge in [-0.25, -0.2) is 0 Å². The molecule has 8 nitrogen and oxygen atoms in total. The zero-order valence-corrected chi connectivity index (χ0v) is 13.7. The molecule has 2 amide bonds. The molecule has 0 radical (unpaired) electrons. The number of rotatable bonds is 6. The van der Waals surface area contributed by atoms with Gasteiger partial charge in [0.1, 0.15) is 5.69 Å². The van der Waals surface area contributed by atoms with E-state index in [1.54, 1.807) is 5.38 Å². The van der Waals surface area contributed by atoms with Crippen LogP contribution in [0, 0.1) is 0 Å². The first kappa shape index (κ1) is 17.3. The zero-order chi connectivity index (χ0) is 17.0. The van der Waals surface area contributed by atoms with Gasteiger partial charge < -0.3 is 15.7 Å². The minimum atomic E-state index is -0.965. The van der Waals surface area contributed by atoms with Crippen molar-refractivity contribution in [3.8, 4) is 0 Å². The Bertz CT molecular complexity index is 766. The van der Waals surface area contributed by atoms with Gasteiger partial charge in [-0.15, -0.1) is 11.3 Å². The molecular weight excluding hydrogens is 344 g/mol. The topological polar surface area (TPSA) is 116 Å². The minimum Gasteiger partial charge on any atom is -0.389 e. The van der Waals surface area contributed by atoms with Crippen molar-refractivity contribution in [3.05, 3.63) is 43.5 Å². The van der Waals surface area contributed by atoms with Crippen LogP contribution in [-0.2, 0) is 7.05 Å². The van der Waals surface area contributed by atoms with Crippen molar-refractivity contribution >= 4 is 34.8 Å². The number of thiophene rings is 1. The van der Waals surface area contributed by atoms with E-state index < -0.39 is 12.0 Å². The van der Waals surface area contributed by atoms with Crippen LogP contribution in [0.1, 0.15) is 20.8 Å². The van der Waals surface area contributed by atoms with E-state index in [1.807, 2.05) is 0 Å². The highest BCUT2D eigenvalue weighted by Gasteiger charge is 2.13. The average molecular weight is 359 g/mol. The van der Waals surface area contributed by atoms with Gasteiger partial charge in [0.05, 0.1) is 16.0 Å². The summed E-state index contributed by atoms with van der Waals surface area (Å²) in [5, 5.41) is 19.0. The van der Waals surface area contributed by atoms with Gasteiger partial charge in [-0.05, 0) is 6.07 Å². The second-order valence-corrected chi connectivity index (χ2v) is 6.32. The lowest BCUT2D eigenvalue weighted by Crippen LogP contribution is -2.40. The van der Waals surface area contributed by atoms with Crippen molar-refractivity contribution in [3.63, 3.8) is 0 Å². The summed E-state index contributed by atoms with van der Waals surface area (Å²) in [7, 11) is 1.49.